The first-order chi connectivity index (χ1) is 11.0. The summed E-state index contributed by atoms with van der Waals surface area (Å²) in [5.74, 6) is -1.66. The Morgan fingerprint density at radius 1 is 1.21 bits per heavy atom. The second-order valence-corrected chi connectivity index (χ2v) is 6.22. The van der Waals surface area contributed by atoms with Gasteiger partial charge in [-0.3, -0.25) is 4.79 Å². The van der Waals surface area contributed by atoms with Gasteiger partial charge in [0.2, 0.25) is 5.91 Å². The van der Waals surface area contributed by atoms with Crippen LogP contribution in [-0.4, -0.2) is 25.6 Å². The first-order valence-electron chi connectivity index (χ1n) is 8.09. The van der Waals surface area contributed by atoms with Gasteiger partial charge in [0, 0.05) is 12.5 Å². The van der Waals surface area contributed by atoms with Crippen LogP contribution < -0.4 is 15.8 Å². The fourth-order valence-electron chi connectivity index (χ4n) is 3.08. The summed E-state index contributed by atoms with van der Waals surface area (Å²) in [5, 5.41) is 2.80. The van der Waals surface area contributed by atoms with Crippen LogP contribution in [0.25, 0.3) is 0 Å². The van der Waals surface area contributed by atoms with Crippen LogP contribution in [-0.2, 0) is 4.79 Å². The molecule has 1 aromatic rings. The van der Waals surface area contributed by atoms with Gasteiger partial charge in [-0.2, -0.15) is 0 Å². The van der Waals surface area contributed by atoms with E-state index in [1.54, 1.807) is 0 Å². The molecule has 7 heteroatoms. The Morgan fingerprint density at radius 2 is 1.92 bits per heavy atom. The molecule has 0 atom stereocenters. The number of amides is 1. The molecule has 4 nitrogen and oxygen atoms in total. The number of ether oxygens (including phenoxy) is 1. The number of hydrogen-bond acceptors (Lipinski definition) is 3. The number of rotatable bonds is 7. The predicted octanol–water partition coefficient (Wildman–Crippen LogP) is 3.18. The van der Waals surface area contributed by atoms with E-state index in [1.165, 1.54) is 12.5 Å². The topological polar surface area (TPSA) is 64.4 Å². The molecule has 136 valence electrons. The summed E-state index contributed by atoms with van der Waals surface area (Å²) >= 11 is 0. The van der Waals surface area contributed by atoms with Crippen LogP contribution in [0.15, 0.2) is 18.2 Å². The Labute approximate surface area is 147 Å². The third-order valence-corrected chi connectivity index (χ3v) is 4.47. The molecule has 0 aliphatic heterocycles. The average Bonchev–Trinajstić information content (AvgIpc) is 2.55. The van der Waals surface area contributed by atoms with Crippen molar-refractivity contribution in [3.05, 3.63) is 29.8 Å². The molecule has 3 N–H and O–H groups in total. The number of nitrogens with one attached hydrogen (secondary N) is 1. The average molecular weight is 363 g/mol. The maximum atomic E-state index is 13.0. The first-order valence-corrected chi connectivity index (χ1v) is 8.09. The number of benzene rings is 1. The van der Waals surface area contributed by atoms with Gasteiger partial charge in [0.1, 0.15) is 12.4 Å². The van der Waals surface area contributed by atoms with Crippen molar-refractivity contribution in [3.63, 3.8) is 0 Å². The molecular formula is C17H25ClF2N2O2. The summed E-state index contributed by atoms with van der Waals surface area (Å²) in [5.41, 5.74) is 5.81. The second kappa shape index (κ2) is 9.79. The summed E-state index contributed by atoms with van der Waals surface area (Å²) in [6.45, 7) is 1.05. The van der Waals surface area contributed by atoms with Crippen molar-refractivity contribution in [1.82, 2.24) is 5.32 Å². The number of carbonyl (C=O) groups excluding carboxylic acids is 1. The fourth-order valence-corrected chi connectivity index (χ4v) is 3.08. The van der Waals surface area contributed by atoms with E-state index >= 15 is 0 Å². The quantitative estimate of drug-likeness (QED) is 0.732. The van der Waals surface area contributed by atoms with Gasteiger partial charge in [-0.1, -0.05) is 19.3 Å². The van der Waals surface area contributed by atoms with Gasteiger partial charge in [-0.05, 0) is 36.9 Å². The maximum Gasteiger partial charge on any atom is 0.220 e. The molecule has 1 aromatic carbocycles. The molecule has 0 unspecified atom stereocenters. The van der Waals surface area contributed by atoms with Gasteiger partial charge < -0.3 is 15.8 Å². The van der Waals surface area contributed by atoms with Crippen LogP contribution in [0.4, 0.5) is 8.78 Å². The molecule has 1 aliphatic carbocycles. The van der Waals surface area contributed by atoms with Crippen molar-refractivity contribution in [3.8, 4) is 5.75 Å². The third kappa shape index (κ3) is 5.91. The van der Waals surface area contributed by atoms with E-state index in [9.17, 15) is 13.6 Å². The van der Waals surface area contributed by atoms with Crippen LogP contribution in [0.2, 0.25) is 0 Å². The summed E-state index contributed by atoms with van der Waals surface area (Å²) in [7, 11) is 0. The van der Waals surface area contributed by atoms with Crippen LogP contribution >= 0.6 is 12.4 Å². The van der Waals surface area contributed by atoms with Crippen molar-refractivity contribution in [2.75, 3.05) is 19.7 Å². The van der Waals surface area contributed by atoms with Crippen molar-refractivity contribution in [2.45, 2.75) is 38.5 Å². The van der Waals surface area contributed by atoms with Crippen LogP contribution in [0.5, 0.6) is 5.75 Å². The van der Waals surface area contributed by atoms with E-state index in [4.69, 9.17) is 10.5 Å². The lowest BCUT2D eigenvalue weighted by molar-refractivity contribution is -0.124. The molecule has 0 heterocycles. The lowest BCUT2D eigenvalue weighted by Gasteiger charge is -2.35. The summed E-state index contributed by atoms with van der Waals surface area (Å²) < 4.78 is 31.1. The van der Waals surface area contributed by atoms with E-state index in [0.717, 1.165) is 37.8 Å². The Balaban J connectivity index is 0.00000288. The van der Waals surface area contributed by atoms with Crippen molar-refractivity contribution in [2.24, 2.45) is 11.1 Å². The molecular weight excluding hydrogens is 338 g/mol. The molecule has 0 spiro atoms. The molecule has 1 amide bonds. The molecule has 1 saturated carbocycles. The van der Waals surface area contributed by atoms with E-state index in [2.05, 4.69) is 5.32 Å². The van der Waals surface area contributed by atoms with E-state index < -0.39 is 11.6 Å². The molecule has 2 rings (SSSR count). The zero-order valence-corrected chi connectivity index (χ0v) is 14.5. The standard InChI is InChI=1S/C17H24F2N2O2.ClH/c18-14-5-4-13(10-15(14)19)23-9-8-21-16(22)11-17(12-20)6-2-1-3-7-17;/h4-5,10H,1-3,6-9,11-12,20H2,(H,21,22);1H. The zero-order valence-electron chi connectivity index (χ0n) is 13.7. The highest BCUT2D eigenvalue weighted by molar-refractivity contribution is 5.85. The maximum absolute atomic E-state index is 13.0. The van der Waals surface area contributed by atoms with Gasteiger partial charge >= 0.3 is 0 Å². The van der Waals surface area contributed by atoms with Gasteiger partial charge in [0.15, 0.2) is 11.6 Å². The monoisotopic (exact) mass is 362 g/mol. The van der Waals surface area contributed by atoms with Gasteiger partial charge in [0.25, 0.3) is 0 Å². The predicted molar refractivity (Wildman–Crippen MR) is 91.3 cm³/mol. The van der Waals surface area contributed by atoms with E-state index in [-0.39, 0.29) is 36.1 Å². The number of nitrogens with two attached hydrogens (primary N) is 1. The lowest BCUT2D eigenvalue weighted by Crippen LogP contribution is -2.39. The van der Waals surface area contributed by atoms with E-state index in [1.807, 2.05) is 0 Å². The zero-order chi connectivity index (χ0) is 16.7. The third-order valence-electron chi connectivity index (χ3n) is 4.47. The van der Waals surface area contributed by atoms with E-state index in [0.29, 0.717) is 19.5 Å². The largest absolute Gasteiger partial charge is 0.492 e. The molecule has 0 radical (unpaired) electrons. The highest BCUT2D eigenvalue weighted by atomic mass is 35.5. The fraction of sp³-hybridized carbons (Fsp3) is 0.588. The minimum absolute atomic E-state index is 0. The molecule has 0 saturated heterocycles. The SMILES string of the molecule is Cl.NCC1(CC(=O)NCCOc2ccc(F)c(F)c2)CCCCC1. The summed E-state index contributed by atoms with van der Waals surface area (Å²) in [6, 6.07) is 3.35. The summed E-state index contributed by atoms with van der Waals surface area (Å²) in [6.07, 6.45) is 5.91. The first kappa shape index (κ1) is 20.6. The summed E-state index contributed by atoms with van der Waals surface area (Å²) in [4.78, 5) is 12.1. The Bertz CT molecular complexity index is 537. The second-order valence-electron chi connectivity index (χ2n) is 6.22. The molecule has 24 heavy (non-hydrogen) atoms. The van der Waals surface area contributed by atoms with Crippen molar-refractivity contribution >= 4 is 18.3 Å². The Morgan fingerprint density at radius 3 is 2.54 bits per heavy atom. The van der Waals surface area contributed by atoms with Crippen LogP contribution in [0.3, 0.4) is 0 Å². The minimum Gasteiger partial charge on any atom is -0.492 e. The van der Waals surface area contributed by atoms with Gasteiger partial charge in [0.05, 0.1) is 6.54 Å². The molecule has 1 aliphatic rings. The number of halogens is 3. The highest BCUT2D eigenvalue weighted by Gasteiger charge is 2.32. The van der Waals surface area contributed by atoms with Crippen LogP contribution in [0.1, 0.15) is 38.5 Å². The smallest absolute Gasteiger partial charge is 0.220 e. The Kier molecular flexibility index (Phi) is 8.42. The van der Waals surface area contributed by atoms with Crippen molar-refractivity contribution < 1.29 is 18.3 Å². The van der Waals surface area contributed by atoms with Crippen molar-refractivity contribution in [1.29, 1.82) is 0 Å². The number of hydrogen-bond donors (Lipinski definition) is 2. The minimum atomic E-state index is -0.950. The Hall–Kier alpha value is -1.40. The highest BCUT2D eigenvalue weighted by Crippen LogP contribution is 2.38. The lowest BCUT2D eigenvalue weighted by atomic mass is 9.72. The van der Waals surface area contributed by atoms with Crippen LogP contribution in [0, 0.1) is 17.0 Å². The molecule has 1 fully saturated rings. The number of carbonyl (C=O) groups is 1. The molecule has 0 bridgehead atoms. The van der Waals surface area contributed by atoms with Gasteiger partial charge in [-0.15, -0.1) is 12.4 Å². The molecule has 0 aromatic heterocycles. The van der Waals surface area contributed by atoms with Gasteiger partial charge in [-0.25, -0.2) is 8.78 Å². The normalized spacial score (nSPS) is 16.1.